The van der Waals surface area contributed by atoms with Gasteiger partial charge in [-0.3, -0.25) is 14.4 Å². The van der Waals surface area contributed by atoms with E-state index in [4.69, 9.17) is 0 Å². The summed E-state index contributed by atoms with van der Waals surface area (Å²) in [6.07, 6.45) is 4.02. The smallest absolute Gasteiger partial charge is 0.275 e. The summed E-state index contributed by atoms with van der Waals surface area (Å²) in [6, 6.07) is 7.73. The highest BCUT2D eigenvalue weighted by Gasteiger charge is 2.24. The van der Waals surface area contributed by atoms with Gasteiger partial charge < -0.3 is 20.4 Å². The summed E-state index contributed by atoms with van der Waals surface area (Å²) in [5.74, 6) is 0.132. The number of benzene rings is 1. The molecule has 1 saturated carbocycles. The van der Waals surface area contributed by atoms with Crippen LogP contribution in [-0.2, 0) is 14.4 Å². The fourth-order valence-corrected chi connectivity index (χ4v) is 3.07. The molecule has 1 aromatic rings. The first-order valence-electron chi connectivity index (χ1n) is 9.32. The maximum Gasteiger partial charge on any atom is 0.275 e. The van der Waals surface area contributed by atoms with E-state index in [0.717, 1.165) is 42.1 Å². The van der Waals surface area contributed by atoms with Gasteiger partial charge in [0.15, 0.2) is 6.54 Å². The highest BCUT2D eigenvalue weighted by molar-refractivity contribution is 5.96. The fourth-order valence-electron chi connectivity index (χ4n) is 3.07. The normalized spacial score (nSPS) is 17.9. The van der Waals surface area contributed by atoms with Gasteiger partial charge in [-0.15, -0.1) is 0 Å². The van der Waals surface area contributed by atoms with E-state index >= 15 is 0 Å². The molecule has 1 aromatic carbocycles. The van der Waals surface area contributed by atoms with Gasteiger partial charge in [-0.25, -0.2) is 0 Å². The van der Waals surface area contributed by atoms with Crippen molar-refractivity contribution in [2.45, 2.75) is 38.1 Å². The third-order valence-corrected chi connectivity index (χ3v) is 4.72. The first kappa shape index (κ1) is 18.4. The average Bonchev–Trinajstić information content (AvgIpc) is 3.31. The summed E-state index contributed by atoms with van der Waals surface area (Å²) in [7, 11) is 1.92. The predicted molar refractivity (Wildman–Crippen MR) is 99.1 cm³/mol. The van der Waals surface area contributed by atoms with Crippen molar-refractivity contribution in [1.29, 1.82) is 0 Å². The topological polar surface area (TPSA) is 83.0 Å². The van der Waals surface area contributed by atoms with Crippen LogP contribution in [0.2, 0.25) is 0 Å². The lowest BCUT2D eigenvalue weighted by Gasteiger charge is -2.16. The van der Waals surface area contributed by atoms with Crippen LogP contribution >= 0.6 is 0 Å². The lowest BCUT2D eigenvalue weighted by Crippen LogP contribution is -3.10. The first-order valence-corrected chi connectivity index (χ1v) is 9.32. The molecule has 2 fully saturated rings. The molecular weight excluding hydrogens is 332 g/mol. The Hall–Kier alpha value is -2.41. The average molecular weight is 359 g/mol. The zero-order valence-electron chi connectivity index (χ0n) is 15.2. The lowest BCUT2D eigenvalue weighted by atomic mass is 10.2. The fraction of sp³-hybridized carbons (Fsp3) is 0.526. The molecule has 2 aliphatic rings. The van der Waals surface area contributed by atoms with Crippen molar-refractivity contribution in [3.63, 3.8) is 0 Å². The second-order valence-corrected chi connectivity index (χ2v) is 7.22. The molecule has 0 bridgehead atoms. The van der Waals surface area contributed by atoms with Crippen molar-refractivity contribution < 1.29 is 19.3 Å². The molecule has 26 heavy (non-hydrogen) atoms. The predicted octanol–water partition coefficient (Wildman–Crippen LogP) is -0.0647. The molecule has 7 heteroatoms. The molecule has 1 heterocycles. The van der Waals surface area contributed by atoms with Gasteiger partial charge in [0.1, 0.15) is 0 Å². The number of anilines is 2. The highest BCUT2D eigenvalue weighted by atomic mass is 16.2. The molecule has 3 rings (SSSR count). The van der Waals surface area contributed by atoms with Gasteiger partial charge in [-0.05, 0) is 43.5 Å². The molecule has 7 nitrogen and oxygen atoms in total. The second kappa shape index (κ2) is 8.31. The first-order chi connectivity index (χ1) is 12.5. The van der Waals surface area contributed by atoms with E-state index in [2.05, 4.69) is 10.6 Å². The minimum absolute atomic E-state index is 0.0532. The molecule has 3 N–H and O–H groups in total. The summed E-state index contributed by atoms with van der Waals surface area (Å²) in [6.45, 7) is 1.75. The van der Waals surface area contributed by atoms with Crippen LogP contribution in [0.1, 0.15) is 32.1 Å². The number of likely N-dealkylation sites (N-methyl/N-ethyl adjacent to an activating group) is 1. The Morgan fingerprint density at radius 1 is 1.19 bits per heavy atom. The van der Waals surface area contributed by atoms with Gasteiger partial charge in [0.2, 0.25) is 11.8 Å². The van der Waals surface area contributed by atoms with Crippen LogP contribution in [0.4, 0.5) is 11.4 Å². The highest BCUT2D eigenvalue weighted by Crippen LogP contribution is 2.23. The minimum Gasteiger partial charge on any atom is -0.348 e. The van der Waals surface area contributed by atoms with Crippen LogP contribution in [0.15, 0.2) is 24.3 Å². The Kier molecular flexibility index (Phi) is 5.88. The van der Waals surface area contributed by atoms with Crippen LogP contribution in [0.5, 0.6) is 0 Å². The zero-order valence-corrected chi connectivity index (χ0v) is 15.2. The largest absolute Gasteiger partial charge is 0.348 e. The molecule has 0 aromatic heterocycles. The lowest BCUT2D eigenvalue weighted by molar-refractivity contribution is -0.870. The molecule has 140 valence electrons. The number of carbonyl (C=O) groups is 3. The van der Waals surface area contributed by atoms with Crippen LogP contribution in [0.25, 0.3) is 0 Å². The summed E-state index contributed by atoms with van der Waals surface area (Å²) < 4.78 is 0. The maximum atomic E-state index is 12.1. The summed E-state index contributed by atoms with van der Waals surface area (Å²) in [4.78, 5) is 38.4. The Morgan fingerprint density at radius 3 is 2.54 bits per heavy atom. The number of nitrogens with one attached hydrogen (secondary N) is 3. The summed E-state index contributed by atoms with van der Waals surface area (Å²) >= 11 is 0. The molecular formula is C19H27N4O3+. The third kappa shape index (κ3) is 5.29. The molecule has 0 spiro atoms. The SMILES string of the molecule is C[NH+](CCC(=O)Nc1ccc(N2CCCC2=O)cc1)CC(=O)NC1CC1. The van der Waals surface area contributed by atoms with Crippen molar-refractivity contribution in [2.75, 3.05) is 36.9 Å². The number of hydrogen-bond donors (Lipinski definition) is 3. The molecule has 0 radical (unpaired) electrons. The monoisotopic (exact) mass is 359 g/mol. The van der Waals surface area contributed by atoms with Crippen molar-refractivity contribution in [3.8, 4) is 0 Å². The molecule has 1 saturated heterocycles. The van der Waals surface area contributed by atoms with Crippen LogP contribution in [0.3, 0.4) is 0 Å². The van der Waals surface area contributed by atoms with E-state index in [-0.39, 0.29) is 17.7 Å². The van der Waals surface area contributed by atoms with E-state index in [1.807, 2.05) is 31.3 Å². The molecule has 3 amide bonds. The Morgan fingerprint density at radius 2 is 1.92 bits per heavy atom. The molecule has 1 aliphatic carbocycles. The van der Waals surface area contributed by atoms with Crippen molar-refractivity contribution in [2.24, 2.45) is 0 Å². The van der Waals surface area contributed by atoms with Gasteiger partial charge in [-0.1, -0.05) is 0 Å². The van der Waals surface area contributed by atoms with Gasteiger partial charge >= 0.3 is 0 Å². The van der Waals surface area contributed by atoms with E-state index in [9.17, 15) is 14.4 Å². The number of hydrogen-bond acceptors (Lipinski definition) is 3. The summed E-state index contributed by atoms with van der Waals surface area (Å²) in [5, 5.41) is 5.82. The van der Waals surface area contributed by atoms with Gasteiger partial charge in [0, 0.05) is 30.4 Å². The molecule has 1 atom stereocenters. The third-order valence-electron chi connectivity index (χ3n) is 4.72. The van der Waals surface area contributed by atoms with E-state index in [1.54, 1.807) is 4.90 Å². The van der Waals surface area contributed by atoms with Crippen molar-refractivity contribution >= 4 is 29.1 Å². The maximum absolute atomic E-state index is 12.1. The van der Waals surface area contributed by atoms with E-state index in [0.29, 0.717) is 32.0 Å². The van der Waals surface area contributed by atoms with Gasteiger partial charge in [-0.2, -0.15) is 0 Å². The second-order valence-electron chi connectivity index (χ2n) is 7.22. The van der Waals surface area contributed by atoms with Crippen LogP contribution in [-0.4, -0.2) is 50.4 Å². The standard InChI is InChI=1S/C19H26N4O3/c1-22(13-18(25)21-14-4-5-14)12-10-17(24)20-15-6-8-16(9-7-15)23-11-2-3-19(23)26/h6-9,14H,2-5,10-13H2,1H3,(H,20,24)(H,21,25)/p+1. The van der Waals surface area contributed by atoms with Crippen LogP contribution < -0.4 is 20.4 Å². The van der Waals surface area contributed by atoms with E-state index < -0.39 is 0 Å². The van der Waals surface area contributed by atoms with Gasteiger partial charge in [0.05, 0.1) is 20.0 Å². The number of amides is 3. The number of carbonyl (C=O) groups excluding carboxylic acids is 3. The quantitative estimate of drug-likeness (QED) is 0.608. The molecule has 1 unspecified atom stereocenters. The number of nitrogens with zero attached hydrogens (tertiary/aromatic N) is 1. The molecule has 1 aliphatic heterocycles. The van der Waals surface area contributed by atoms with Crippen LogP contribution in [0, 0.1) is 0 Å². The zero-order chi connectivity index (χ0) is 18.5. The number of quaternary nitrogens is 1. The Labute approximate surface area is 153 Å². The van der Waals surface area contributed by atoms with Crippen molar-refractivity contribution in [3.05, 3.63) is 24.3 Å². The van der Waals surface area contributed by atoms with Gasteiger partial charge in [0.25, 0.3) is 5.91 Å². The Bertz CT molecular complexity index is 670. The number of rotatable bonds is 8. The Balaban J connectivity index is 1.39. The van der Waals surface area contributed by atoms with Crippen molar-refractivity contribution in [1.82, 2.24) is 5.32 Å². The van der Waals surface area contributed by atoms with E-state index in [1.165, 1.54) is 0 Å². The minimum atomic E-state index is -0.0723. The summed E-state index contributed by atoms with van der Waals surface area (Å²) in [5.41, 5.74) is 1.59.